The second-order valence-corrected chi connectivity index (χ2v) is 6.54. The van der Waals surface area contributed by atoms with Crippen LogP contribution in [-0.2, 0) is 4.79 Å². The van der Waals surface area contributed by atoms with Crippen LogP contribution in [0.1, 0.15) is 23.7 Å². The number of hydrogen-bond acceptors (Lipinski definition) is 5. The summed E-state index contributed by atoms with van der Waals surface area (Å²) in [5.74, 6) is -1.11. The lowest BCUT2D eigenvalue weighted by atomic mass is 9.97. The number of ether oxygens (including phenoxy) is 1. The number of amides is 2. The lowest BCUT2D eigenvalue weighted by Gasteiger charge is -2.19. The molecule has 9 heteroatoms. The summed E-state index contributed by atoms with van der Waals surface area (Å²) in [6.45, 7) is 1.97. The number of para-hydroxylation sites is 1. The van der Waals surface area contributed by atoms with Gasteiger partial charge in [-0.05, 0) is 18.6 Å². The summed E-state index contributed by atoms with van der Waals surface area (Å²) < 4.78 is 21.5. The number of alkyl halides is 1. The van der Waals surface area contributed by atoms with Gasteiger partial charge >= 0.3 is 0 Å². The molecule has 140 valence electrons. The number of fused-ring (bicyclic) bond motifs is 3. The molecule has 1 aliphatic rings. The minimum absolute atomic E-state index is 0.130. The van der Waals surface area contributed by atoms with Crippen LogP contribution in [0.3, 0.4) is 0 Å². The molecule has 3 N–H and O–H groups in total. The van der Waals surface area contributed by atoms with E-state index in [1.54, 1.807) is 22.6 Å². The molecule has 8 nitrogen and oxygen atoms in total. The quantitative estimate of drug-likeness (QED) is 0.700. The zero-order chi connectivity index (χ0) is 19.1. The van der Waals surface area contributed by atoms with Crippen molar-refractivity contribution in [2.45, 2.75) is 25.6 Å². The highest BCUT2D eigenvalue weighted by Crippen LogP contribution is 2.30. The number of halogens is 1. The molecule has 1 fully saturated rings. The minimum atomic E-state index is -1.52. The molecule has 27 heavy (non-hydrogen) atoms. The third-order valence-corrected chi connectivity index (χ3v) is 4.99. The predicted octanol–water partition coefficient (Wildman–Crippen LogP) is 1.22. The summed E-state index contributed by atoms with van der Waals surface area (Å²) in [6, 6.07) is 6.59. The fraction of sp³-hybridized carbons (Fsp3) is 0.333. The summed E-state index contributed by atoms with van der Waals surface area (Å²) in [5, 5.41) is 11.2. The first-order chi connectivity index (χ1) is 13.0. The predicted molar refractivity (Wildman–Crippen MR) is 95.1 cm³/mol. The smallest absolute Gasteiger partial charge is 0.255 e. The lowest BCUT2D eigenvalue weighted by Crippen LogP contribution is -2.34. The Balaban J connectivity index is 1.72. The van der Waals surface area contributed by atoms with Crippen molar-refractivity contribution < 1.29 is 18.7 Å². The second kappa shape index (κ2) is 6.49. The summed E-state index contributed by atoms with van der Waals surface area (Å²) in [5.41, 5.74) is 6.69. The number of nitrogens with zero attached hydrogens (tertiary/aromatic N) is 3. The molecule has 0 aliphatic carbocycles. The maximum absolute atomic E-state index is 14.0. The van der Waals surface area contributed by atoms with Crippen LogP contribution in [-0.4, -0.2) is 45.2 Å². The molecule has 1 aliphatic heterocycles. The molecule has 0 spiro atoms. The van der Waals surface area contributed by atoms with Crippen LogP contribution in [0.5, 0.6) is 5.75 Å². The van der Waals surface area contributed by atoms with Gasteiger partial charge in [0.2, 0.25) is 0 Å². The van der Waals surface area contributed by atoms with E-state index < -0.39 is 29.9 Å². The molecular formula is C18H18FN5O3. The van der Waals surface area contributed by atoms with Crippen molar-refractivity contribution in [3.8, 4) is 5.75 Å². The summed E-state index contributed by atoms with van der Waals surface area (Å²) in [6.07, 6.45) is 0.487. The Kier molecular flexibility index (Phi) is 4.14. The largest absolute Gasteiger partial charge is 0.489 e. The van der Waals surface area contributed by atoms with Crippen molar-refractivity contribution in [2.75, 3.05) is 6.61 Å². The van der Waals surface area contributed by atoms with Crippen molar-refractivity contribution in [1.29, 1.82) is 0 Å². The number of nitrogens with two attached hydrogens (primary N) is 1. The first-order valence-electron chi connectivity index (χ1n) is 8.63. The van der Waals surface area contributed by atoms with Gasteiger partial charge in [-0.25, -0.2) is 4.39 Å². The molecule has 2 amide bonds. The van der Waals surface area contributed by atoms with E-state index in [1.165, 1.54) is 6.33 Å². The fourth-order valence-corrected chi connectivity index (χ4v) is 3.62. The van der Waals surface area contributed by atoms with Gasteiger partial charge in [0.05, 0.1) is 17.1 Å². The molecule has 0 bridgehead atoms. The van der Waals surface area contributed by atoms with E-state index in [9.17, 15) is 14.0 Å². The molecule has 2 aromatic heterocycles. The van der Waals surface area contributed by atoms with Gasteiger partial charge in [0.1, 0.15) is 18.7 Å². The number of nitrogens with one attached hydrogen (secondary N) is 1. The summed E-state index contributed by atoms with van der Waals surface area (Å²) in [7, 11) is 0. The Morgan fingerprint density at radius 1 is 1.44 bits per heavy atom. The number of aromatic nitrogens is 3. The molecule has 0 unspecified atom stereocenters. The van der Waals surface area contributed by atoms with Crippen LogP contribution in [0, 0.1) is 5.92 Å². The minimum Gasteiger partial charge on any atom is -0.489 e. The molecule has 0 radical (unpaired) electrons. The van der Waals surface area contributed by atoms with Gasteiger partial charge in [-0.15, -0.1) is 10.2 Å². The fourth-order valence-electron chi connectivity index (χ4n) is 3.62. The Morgan fingerprint density at radius 3 is 3.00 bits per heavy atom. The highest BCUT2D eigenvalue weighted by molar-refractivity contribution is 6.03. The van der Waals surface area contributed by atoms with Gasteiger partial charge in [-0.2, -0.15) is 0 Å². The average molecular weight is 371 g/mol. The highest BCUT2D eigenvalue weighted by Gasteiger charge is 2.41. The first kappa shape index (κ1) is 17.2. The third kappa shape index (κ3) is 2.75. The summed E-state index contributed by atoms with van der Waals surface area (Å²) in [4.78, 5) is 23.3. The molecule has 3 heterocycles. The van der Waals surface area contributed by atoms with Crippen molar-refractivity contribution in [1.82, 2.24) is 19.9 Å². The third-order valence-electron chi connectivity index (χ3n) is 4.99. The van der Waals surface area contributed by atoms with Crippen molar-refractivity contribution in [2.24, 2.45) is 11.7 Å². The standard InChI is InChI=1S/C18H18FN5O3/c1-2-10-12(22-18(26)14(10)19)7-27-13-5-3-4-9-6-11(16(20)25)17-23-21-8-24(17)15(9)13/h3-6,8,10,12,14H,2,7H2,1H3,(H2,20,25)(H,22,26)/t10-,12+,14-/m0/s1. The number of carbonyl (C=O) groups is 2. The molecule has 1 saturated heterocycles. The van der Waals surface area contributed by atoms with Crippen LogP contribution >= 0.6 is 0 Å². The molecule has 3 aromatic rings. The topological polar surface area (TPSA) is 112 Å². The Bertz CT molecular complexity index is 1050. The van der Waals surface area contributed by atoms with Crippen LogP contribution in [0.2, 0.25) is 0 Å². The normalized spacial score (nSPS) is 22.3. The second-order valence-electron chi connectivity index (χ2n) is 6.54. The van der Waals surface area contributed by atoms with Crippen molar-refractivity contribution >= 4 is 28.4 Å². The molecule has 0 saturated carbocycles. The zero-order valence-corrected chi connectivity index (χ0v) is 14.6. The van der Waals surface area contributed by atoms with E-state index in [0.717, 1.165) is 5.39 Å². The Labute approximate surface area is 153 Å². The van der Waals surface area contributed by atoms with Crippen molar-refractivity contribution in [3.05, 3.63) is 36.2 Å². The maximum Gasteiger partial charge on any atom is 0.255 e. The van der Waals surface area contributed by atoms with Crippen molar-refractivity contribution in [3.63, 3.8) is 0 Å². The number of rotatable bonds is 5. The average Bonchev–Trinajstić information content (AvgIpc) is 3.24. The van der Waals surface area contributed by atoms with Gasteiger partial charge in [-0.3, -0.25) is 14.0 Å². The van der Waals surface area contributed by atoms with E-state index in [4.69, 9.17) is 10.5 Å². The first-order valence-corrected chi connectivity index (χ1v) is 8.63. The number of carbonyl (C=O) groups excluding carboxylic acids is 2. The monoisotopic (exact) mass is 371 g/mol. The molecular weight excluding hydrogens is 353 g/mol. The van der Waals surface area contributed by atoms with E-state index in [-0.39, 0.29) is 12.2 Å². The van der Waals surface area contributed by atoms with E-state index in [2.05, 4.69) is 15.5 Å². The zero-order valence-electron chi connectivity index (χ0n) is 14.6. The molecule has 3 atom stereocenters. The number of benzene rings is 1. The SMILES string of the molecule is CC[C@@H]1[C@H](F)C(=O)N[C@@H]1COc1cccc2cc(C(N)=O)c3nncn3c12. The molecule has 4 rings (SSSR count). The number of pyridine rings is 1. The van der Waals surface area contributed by atoms with Gasteiger partial charge in [0.15, 0.2) is 11.8 Å². The van der Waals surface area contributed by atoms with Gasteiger partial charge in [0.25, 0.3) is 11.8 Å². The van der Waals surface area contributed by atoms with E-state index >= 15 is 0 Å². The molecule has 1 aromatic carbocycles. The van der Waals surface area contributed by atoms with Crippen LogP contribution in [0.4, 0.5) is 4.39 Å². The maximum atomic E-state index is 14.0. The van der Waals surface area contributed by atoms with Crippen LogP contribution in [0.25, 0.3) is 16.6 Å². The van der Waals surface area contributed by atoms with Crippen LogP contribution < -0.4 is 15.8 Å². The van der Waals surface area contributed by atoms with Crippen LogP contribution in [0.15, 0.2) is 30.6 Å². The Hall–Kier alpha value is -3.23. The number of hydrogen-bond donors (Lipinski definition) is 2. The van der Waals surface area contributed by atoms with E-state index in [0.29, 0.717) is 23.3 Å². The van der Waals surface area contributed by atoms with Gasteiger partial charge in [-0.1, -0.05) is 19.1 Å². The lowest BCUT2D eigenvalue weighted by molar-refractivity contribution is -0.123. The van der Waals surface area contributed by atoms with Gasteiger partial charge < -0.3 is 15.8 Å². The number of primary amides is 1. The Morgan fingerprint density at radius 2 is 2.26 bits per heavy atom. The highest BCUT2D eigenvalue weighted by atomic mass is 19.1. The summed E-state index contributed by atoms with van der Waals surface area (Å²) >= 11 is 0. The van der Waals surface area contributed by atoms with Gasteiger partial charge in [0, 0.05) is 11.3 Å². The van der Waals surface area contributed by atoms with E-state index in [1.807, 2.05) is 13.0 Å².